The second kappa shape index (κ2) is 6.22. The topological polar surface area (TPSA) is 115 Å². The minimum atomic E-state index is -3.66. The largest absolute Gasteiger partial charge is 0.355 e. The molecule has 1 aromatic carbocycles. The van der Waals surface area contributed by atoms with Gasteiger partial charge in [0, 0.05) is 12.6 Å². The molecule has 4 unspecified atom stereocenters. The van der Waals surface area contributed by atoms with E-state index in [4.69, 9.17) is 10.9 Å². The van der Waals surface area contributed by atoms with Crippen LogP contribution in [0.2, 0.25) is 0 Å². The zero-order valence-electron chi connectivity index (χ0n) is 12.9. The number of nitrogens with two attached hydrogens (primary N) is 2. The number of rotatable bonds is 5. The fourth-order valence-corrected chi connectivity index (χ4v) is 4.53. The molecule has 4 atom stereocenters. The van der Waals surface area contributed by atoms with E-state index >= 15 is 0 Å². The average molecular weight is 337 g/mol. The first kappa shape index (κ1) is 16.4. The molecule has 126 valence electrons. The molecule has 2 saturated carbocycles. The maximum Gasteiger partial charge on any atom is 0.238 e. The summed E-state index contributed by atoms with van der Waals surface area (Å²) in [6.07, 6.45) is 4.01. The fourth-order valence-electron chi connectivity index (χ4n) is 4.02. The molecule has 0 saturated heterocycles. The zero-order valence-corrected chi connectivity index (χ0v) is 13.8. The van der Waals surface area contributed by atoms with Crippen LogP contribution in [0.5, 0.6) is 0 Å². The lowest BCUT2D eigenvalue weighted by atomic mass is 9.84. The second-order valence-electron chi connectivity index (χ2n) is 6.67. The van der Waals surface area contributed by atoms with E-state index < -0.39 is 10.0 Å². The quantitative estimate of drug-likeness (QED) is 0.719. The van der Waals surface area contributed by atoms with E-state index in [1.807, 2.05) is 0 Å². The molecule has 2 bridgehead atoms. The minimum Gasteiger partial charge on any atom is -0.355 e. The summed E-state index contributed by atoms with van der Waals surface area (Å²) in [5.41, 5.74) is 7.13. The van der Waals surface area contributed by atoms with Crippen molar-refractivity contribution in [2.45, 2.75) is 36.6 Å². The highest BCUT2D eigenvalue weighted by Gasteiger charge is 2.48. The van der Waals surface area contributed by atoms with Crippen LogP contribution in [0.1, 0.15) is 24.8 Å². The number of hydrogen-bond donors (Lipinski definition) is 3. The molecule has 3 rings (SSSR count). The second-order valence-corrected chi connectivity index (χ2v) is 8.23. The Morgan fingerprint density at radius 2 is 1.83 bits per heavy atom. The Kier molecular flexibility index (Phi) is 4.44. The highest BCUT2D eigenvalue weighted by molar-refractivity contribution is 7.89. The van der Waals surface area contributed by atoms with Gasteiger partial charge in [-0.2, -0.15) is 0 Å². The molecule has 0 radical (unpaired) electrons. The molecule has 1 amide bonds. The maximum absolute atomic E-state index is 12.3. The van der Waals surface area contributed by atoms with E-state index in [1.165, 1.54) is 12.1 Å². The first-order chi connectivity index (χ1) is 10.9. The minimum absolute atomic E-state index is 0.00259. The number of sulfonamides is 1. The van der Waals surface area contributed by atoms with Crippen LogP contribution < -0.4 is 16.2 Å². The lowest BCUT2D eigenvalue weighted by Crippen LogP contribution is -2.45. The van der Waals surface area contributed by atoms with Crippen molar-refractivity contribution in [2.24, 2.45) is 28.6 Å². The summed E-state index contributed by atoms with van der Waals surface area (Å²) in [6.45, 7) is 0.522. The Balaban J connectivity index is 1.51. The van der Waals surface area contributed by atoms with Gasteiger partial charge in [0.2, 0.25) is 15.9 Å². The number of fused-ring (bicyclic) bond motifs is 2. The van der Waals surface area contributed by atoms with E-state index in [-0.39, 0.29) is 22.8 Å². The first-order valence-electron chi connectivity index (χ1n) is 8.01. The molecule has 6 nitrogen and oxygen atoms in total. The maximum atomic E-state index is 12.3. The van der Waals surface area contributed by atoms with Crippen molar-refractivity contribution in [3.63, 3.8) is 0 Å². The van der Waals surface area contributed by atoms with Gasteiger partial charge >= 0.3 is 0 Å². The number of amides is 1. The van der Waals surface area contributed by atoms with Gasteiger partial charge < -0.3 is 11.1 Å². The van der Waals surface area contributed by atoms with Crippen LogP contribution in [0.25, 0.3) is 0 Å². The van der Waals surface area contributed by atoms with Gasteiger partial charge in [-0.25, -0.2) is 13.6 Å². The van der Waals surface area contributed by atoms with Crippen molar-refractivity contribution >= 4 is 15.9 Å². The van der Waals surface area contributed by atoms with Gasteiger partial charge in [0.15, 0.2) is 0 Å². The van der Waals surface area contributed by atoms with Gasteiger partial charge in [0.25, 0.3) is 0 Å². The molecule has 0 heterocycles. The number of primary sulfonamides is 1. The van der Waals surface area contributed by atoms with Crippen molar-refractivity contribution in [1.29, 1.82) is 0 Å². The van der Waals surface area contributed by atoms with Crippen LogP contribution in [-0.4, -0.2) is 26.9 Å². The van der Waals surface area contributed by atoms with Crippen molar-refractivity contribution in [2.75, 3.05) is 6.54 Å². The van der Waals surface area contributed by atoms with Crippen LogP contribution in [0, 0.1) is 17.8 Å². The first-order valence-corrected chi connectivity index (χ1v) is 9.56. The van der Waals surface area contributed by atoms with E-state index in [1.54, 1.807) is 12.1 Å². The molecule has 0 aliphatic heterocycles. The Bertz CT molecular complexity index is 685. The number of carbonyl (C=O) groups is 1. The van der Waals surface area contributed by atoms with Crippen LogP contribution in [0.3, 0.4) is 0 Å². The highest BCUT2D eigenvalue weighted by atomic mass is 32.2. The molecule has 7 heteroatoms. The lowest BCUT2D eigenvalue weighted by Gasteiger charge is -2.27. The molecular formula is C16H23N3O3S. The summed E-state index contributed by atoms with van der Waals surface area (Å²) in [6, 6.07) is 6.41. The molecule has 0 spiro atoms. The van der Waals surface area contributed by atoms with Crippen molar-refractivity contribution in [3.05, 3.63) is 29.8 Å². The van der Waals surface area contributed by atoms with Gasteiger partial charge in [0.05, 0.1) is 10.8 Å². The highest BCUT2D eigenvalue weighted by Crippen LogP contribution is 2.47. The lowest BCUT2D eigenvalue weighted by molar-refractivity contribution is -0.127. The van der Waals surface area contributed by atoms with Gasteiger partial charge in [-0.3, -0.25) is 4.79 Å². The summed E-state index contributed by atoms with van der Waals surface area (Å²) < 4.78 is 22.4. The van der Waals surface area contributed by atoms with Crippen molar-refractivity contribution < 1.29 is 13.2 Å². The summed E-state index contributed by atoms with van der Waals surface area (Å²) in [4.78, 5) is 12.4. The van der Waals surface area contributed by atoms with Gasteiger partial charge in [-0.05, 0) is 55.2 Å². The van der Waals surface area contributed by atoms with Crippen LogP contribution >= 0.6 is 0 Å². The number of nitrogens with one attached hydrogen (secondary N) is 1. The predicted octanol–water partition coefficient (Wildman–Crippen LogP) is 0.366. The smallest absolute Gasteiger partial charge is 0.238 e. The van der Waals surface area contributed by atoms with E-state index in [0.717, 1.165) is 24.8 Å². The molecule has 2 fully saturated rings. The van der Waals surface area contributed by atoms with Crippen molar-refractivity contribution in [1.82, 2.24) is 5.32 Å². The fraction of sp³-hybridized carbons (Fsp3) is 0.562. The van der Waals surface area contributed by atoms with Crippen molar-refractivity contribution in [3.8, 4) is 0 Å². The van der Waals surface area contributed by atoms with Crippen LogP contribution in [-0.2, 0) is 21.2 Å². The Hall–Kier alpha value is -1.44. The summed E-state index contributed by atoms with van der Waals surface area (Å²) in [5.74, 6) is 0.981. The summed E-state index contributed by atoms with van der Waals surface area (Å²) in [5, 5.41) is 8.03. The molecule has 23 heavy (non-hydrogen) atoms. The third kappa shape index (κ3) is 3.41. The number of benzene rings is 1. The van der Waals surface area contributed by atoms with Crippen LogP contribution in [0.15, 0.2) is 29.2 Å². The normalized spacial score (nSPS) is 29.7. The van der Waals surface area contributed by atoms with E-state index in [2.05, 4.69) is 5.32 Å². The summed E-state index contributed by atoms with van der Waals surface area (Å²) >= 11 is 0. The summed E-state index contributed by atoms with van der Waals surface area (Å²) in [7, 11) is -3.66. The monoisotopic (exact) mass is 337 g/mol. The van der Waals surface area contributed by atoms with Crippen LogP contribution in [0.4, 0.5) is 0 Å². The van der Waals surface area contributed by atoms with E-state index in [0.29, 0.717) is 24.8 Å². The number of carbonyl (C=O) groups excluding carboxylic acids is 1. The van der Waals surface area contributed by atoms with E-state index in [9.17, 15) is 13.2 Å². The third-order valence-corrected chi connectivity index (χ3v) is 6.18. The molecular weight excluding hydrogens is 314 g/mol. The molecule has 5 N–H and O–H groups in total. The predicted molar refractivity (Wildman–Crippen MR) is 86.8 cm³/mol. The standard InChI is InChI=1S/C16H23N3O3S/c17-15-12-4-3-11(9-12)14(15)16(20)19-8-7-10-1-5-13(6-2-10)23(18,21)22/h1-2,5-6,11-12,14-15H,3-4,7-9,17H2,(H,19,20)(H2,18,21,22). The van der Waals surface area contributed by atoms with Gasteiger partial charge in [-0.1, -0.05) is 12.1 Å². The Morgan fingerprint density at radius 3 is 2.39 bits per heavy atom. The molecule has 2 aliphatic carbocycles. The molecule has 2 aliphatic rings. The van der Waals surface area contributed by atoms with Gasteiger partial charge in [0.1, 0.15) is 0 Å². The van der Waals surface area contributed by atoms with Gasteiger partial charge in [-0.15, -0.1) is 0 Å². The number of hydrogen-bond acceptors (Lipinski definition) is 4. The average Bonchev–Trinajstić information content (AvgIpc) is 3.07. The third-order valence-electron chi connectivity index (χ3n) is 5.25. The SMILES string of the molecule is NC1C2CCC(C2)C1C(=O)NCCc1ccc(S(N)(=O)=O)cc1. The zero-order chi connectivity index (χ0) is 16.6. The Labute approximate surface area is 136 Å². The molecule has 0 aromatic heterocycles. The Morgan fingerprint density at radius 1 is 1.17 bits per heavy atom. The molecule has 1 aromatic rings.